The lowest BCUT2D eigenvalue weighted by Crippen LogP contribution is -2.26. The number of carbonyl (C=O) groups excluding carboxylic acids is 2. The minimum Gasteiger partial charge on any atom is -0.354 e. The SMILES string of the molecule is CCN(CC)Cc1ccc(NC(=C2C(=O)Nc3ccc(C(=O)N[C@H](C)c4ccccc4)cc32)c2cccnc2)cc1. The molecule has 1 atom stereocenters. The Labute approximate surface area is 241 Å². The molecule has 0 fully saturated rings. The van der Waals surface area contributed by atoms with Gasteiger partial charge in [0.15, 0.2) is 0 Å². The van der Waals surface area contributed by atoms with Crippen LogP contribution in [0, 0.1) is 0 Å². The molecular formula is C34H35N5O2. The zero-order valence-corrected chi connectivity index (χ0v) is 23.6. The Morgan fingerprint density at radius 1 is 0.927 bits per heavy atom. The van der Waals surface area contributed by atoms with Crippen molar-refractivity contribution >= 4 is 34.5 Å². The van der Waals surface area contributed by atoms with Crippen molar-refractivity contribution in [2.75, 3.05) is 23.7 Å². The van der Waals surface area contributed by atoms with Crippen LogP contribution in [0.2, 0.25) is 0 Å². The first-order valence-electron chi connectivity index (χ1n) is 14.0. The van der Waals surface area contributed by atoms with Crippen LogP contribution < -0.4 is 16.0 Å². The van der Waals surface area contributed by atoms with Gasteiger partial charge < -0.3 is 16.0 Å². The van der Waals surface area contributed by atoms with Crippen molar-refractivity contribution in [2.45, 2.75) is 33.4 Å². The number of hydrogen-bond acceptors (Lipinski definition) is 5. The van der Waals surface area contributed by atoms with Gasteiger partial charge in [-0.15, -0.1) is 0 Å². The van der Waals surface area contributed by atoms with Gasteiger partial charge in [-0.05, 0) is 73.6 Å². The van der Waals surface area contributed by atoms with E-state index < -0.39 is 0 Å². The minimum absolute atomic E-state index is 0.163. The molecule has 0 bridgehead atoms. The highest BCUT2D eigenvalue weighted by Crippen LogP contribution is 2.38. The molecule has 1 aromatic heterocycles. The topological polar surface area (TPSA) is 86.4 Å². The molecule has 2 amide bonds. The van der Waals surface area contributed by atoms with Crippen LogP contribution in [-0.4, -0.2) is 34.8 Å². The van der Waals surface area contributed by atoms with Gasteiger partial charge in [-0.25, -0.2) is 0 Å². The largest absolute Gasteiger partial charge is 0.354 e. The zero-order chi connectivity index (χ0) is 28.8. The molecule has 1 aliphatic heterocycles. The highest BCUT2D eigenvalue weighted by molar-refractivity contribution is 6.37. The fourth-order valence-electron chi connectivity index (χ4n) is 4.99. The molecule has 0 unspecified atom stereocenters. The first kappa shape index (κ1) is 27.8. The van der Waals surface area contributed by atoms with Crippen molar-refractivity contribution in [1.82, 2.24) is 15.2 Å². The Morgan fingerprint density at radius 3 is 2.37 bits per heavy atom. The monoisotopic (exact) mass is 545 g/mol. The third-order valence-corrected chi connectivity index (χ3v) is 7.40. The highest BCUT2D eigenvalue weighted by atomic mass is 16.2. The van der Waals surface area contributed by atoms with Crippen molar-refractivity contribution in [3.8, 4) is 0 Å². The maximum atomic E-state index is 13.4. The third-order valence-electron chi connectivity index (χ3n) is 7.40. The van der Waals surface area contributed by atoms with E-state index in [4.69, 9.17) is 0 Å². The molecule has 1 aliphatic rings. The summed E-state index contributed by atoms with van der Waals surface area (Å²) >= 11 is 0. The maximum Gasteiger partial charge on any atom is 0.258 e. The second kappa shape index (κ2) is 12.6. The van der Waals surface area contributed by atoms with Gasteiger partial charge in [0.1, 0.15) is 0 Å². The Morgan fingerprint density at radius 2 is 1.68 bits per heavy atom. The number of anilines is 2. The van der Waals surface area contributed by atoms with Crippen LogP contribution in [0.1, 0.15) is 59.4 Å². The van der Waals surface area contributed by atoms with Crippen LogP contribution in [0.5, 0.6) is 0 Å². The van der Waals surface area contributed by atoms with Crippen molar-refractivity contribution in [1.29, 1.82) is 0 Å². The Hall–Kier alpha value is -4.75. The lowest BCUT2D eigenvalue weighted by molar-refractivity contribution is -0.110. The predicted molar refractivity (Wildman–Crippen MR) is 165 cm³/mol. The average molecular weight is 546 g/mol. The van der Waals surface area contributed by atoms with E-state index >= 15 is 0 Å². The summed E-state index contributed by atoms with van der Waals surface area (Å²) in [7, 11) is 0. The molecule has 5 rings (SSSR count). The standard InChI is InChI=1S/C34H35N5O2/c1-4-39(5-2)22-24-13-16-28(17-14-24)37-32(27-12-9-19-35-21-27)31-29-20-26(15-18-30(29)38-34(31)41)33(40)36-23(3)25-10-7-6-8-11-25/h6-21,23,37H,4-5,22H2,1-3H3,(H,36,40)(H,38,41)/t23-/m1/s1. The normalized spacial score (nSPS) is 14.3. The molecule has 0 saturated carbocycles. The summed E-state index contributed by atoms with van der Waals surface area (Å²) in [5, 5.41) is 9.52. The lowest BCUT2D eigenvalue weighted by atomic mass is 9.98. The van der Waals surface area contributed by atoms with Crippen LogP contribution in [0.15, 0.2) is 97.3 Å². The number of nitrogens with one attached hydrogen (secondary N) is 3. The lowest BCUT2D eigenvalue weighted by Gasteiger charge is -2.19. The fourth-order valence-corrected chi connectivity index (χ4v) is 4.99. The number of nitrogens with zero attached hydrogens (tertiary/aromatic N) is 2. The molecule has 7 nitrogen and oxygen atoms in total. The van der Waals surface area contributed by atoms with Gasteiger partial charge in [0.2, 0.25) is 0 Å². The van der Waals surface area contributed by atoms with E-state index in [0.717, 1.165) is 36.4 Å². The predicted octanol–water partition coefficient (Wildman–Crippen LogP) is 6.35. The maximum absolute atomic E-state index is 13.4. The van der Waals surface area contributed by atoms with E-state index in [1.165, 1.54) is 5.56 Å². The number of hydrogen-bond donors (Lipinski definition) is 3. The number of pyridine rings is 1. The highest BCUT2D eigenvalue weighted by Gasteiger charge is 2.29. The molecular weight excluding hydrogens is 510 g/mol. The Kier molecular flexibility index (Phi) is 8.56. The third kappa shape index (κ3) is 6.36. The number of aromatic nitrogens is 1. The van der Waals surface area contributed by atoms with E-state index in [1.807, 2.05) is 61.5 Å². The van der Waals surface area contributed by atoms with Gasteiger partial charge in [-0.3, -0.25) is 19.5 Å². The van der Waals surface area contributed by atoms with Crippen LogP contribution in [0.25, 0.3) is 11.3 Å². The molecule has 0 saturated heterocycles. The van der Waals surface area contributed by atoms with Crippen LogP contribution in [-0.2, 0) is 11.3 Å². The van der Waals surface area contributed by atoms with Crippen molar-refractivity contribution in [3.05, 3.63) is 125 Å². The smallest absolute Gasteiger partial charge is 0.258 e. The van der Waals surface area contributed by atoms with Gasteiger partial charge in [0.05, 0.1) is 17.3 Å². The van der Waals surface area contributed by atoms with E-state index in [2.05, 4.69) is 51.8 Å². The average Bonchev–Trinajstić information content (AvgIpc) is 3.34. The van der Waals surface area contributed by atoms with Gasteiger partial charge in [0, 0.05) is 47.0 Å². The molecule has 208 valence electrons. The first-order valence-corrected chi connectivity index (χ1v) is 14.0. The van der Waals surface area contributed by atoms with Crippen LogP contribution in [0.4, 0.5) is 11.4 Å². The van der Waals surface area contributed by atoms with Gasteiger partial charge in [-0.2, -0.15) is 0 Å². The summed E-state index contributed by atoms with van der Waals surface area (Å²) in [4.78, 5) is 33.3. The summed E-state index contributed by atoms with van der Waals surface area (Å²) < 4.78 is 0. The fraction of sp³-hybridized carbons (Fsp3) is 0.206. The molecule has 2 heterocycles. The molecule has 7 heteroatoms. The van der Waals surface area contributed by atoms with Crippen molar-refractivity contribution in [3.63, 3.8) is 0 Å². The Bertz CT molecular complexity index is 1550. The van der Waals surface area contributed by atoms with Crippen LogP contribution >= 0.6 is 0 Å². The Balaban J connectivity index is 1.48. The number of rotatable bonds is 10. The van der Waals surface area contributed by atoms with E-state index in [0.29, 0.717) is 28.1 Å². The number of fused-ring (bicyclic) bond motifs is 1. The van der Waals surface area contributed by atoms with Gasteiger partial charge in [0.25, 0.3) is 11.8 Å². The number of benzene rings is 3. The molecule has 3 N–H and O–H groups in total. The second-order valence-electron chi connectivity index (χ2n) is 10.1. The van der Waals surface area contributed by atoms with E-state index in [-0.39, 0.29) is 17.9 Å². The van der Waals surface area contributed by atoms with Gasteiger partial charge in [-0.1, -0.05) is 56.3 Å². The summed E-state index contributed by atoms with van der Waals surface area (Å²) in [6, 6.07) is 27.0. The minimum atomic E-state index is -0.236. The van der Waals surface area contributed by atoms with Gasteiger partial charge >= 0.3 is 0 Å². The van der Waals surface area contributed by atoms with Crippen molar-refractivity contribution < 1.29 is 9.59 Å². The van der Waals surface area contributed by atoms with Crippen molar-refractivity contribution in [2.24, 2.45) is 0 Å². The first-order chi connectivity index (χ1) is 20.0. The van der Waals surface area contributed by atoms with Crippen LogP contribution in [0.3, 0.4) is 0 Å². The molecule has 0 aliphatic carbocycles. The zero-order valence-electron chi connectivity index (χ0n) is 23.6. The molecule has 0 radical (unpaired) electrons. The second-order valence-corrected chi connectivity index (χ2v) is 10.1. The molecule has 41 heavy (non-hydrogen) atoms. The number of amides is 2. The summed E-state index contributed by atoms with van der Waals surface area (Å²) in [6.07, 6.45) is 3.43. The molecule has 0 spiro atoms. The molecule has 4 aromatic rings. The summed E-state index contributed by atoms with van der Waals surface area (Å²) in [5.41, 5.74) is 6.76. The molecule has 3 aromatic carbocycles. The summed E-state index contributed by atoms with van der Waals surface area (Å²) in [5.74, 6) is -0.442. The summed E-state index contributed by atoms with van der Waals surface area (Å²) in [6.45, 7) is 9.15. The quantitative estimate of drug-likeness (QED) is 0.202. The van der Waals surface area contributed by atoms with E-state index in [9.17, 15) is 9.59 Å². The van der Waals surface area contributed by atoms with E-state index in [1.54, 1.807) is 30.6 Å². The number of carbonyl (C=O) groups is 2.